The van der Waals surface area contributed by atoms with Crippen molar-refractivity contribution >= 4 is 33.3 Å². The molecule has 1 aliphatic carbocycles. The zero-order valence-corrected chi connectivity index (χ0v) is 26.7. The summed E-state index contributed by atoms with van der Waals surface area (Å²) in [7, 11) is 4.81. The van der Waals surface area contributed by atoms with Gasteiger partial charge in [-0.1, -0.05) is 18.2 Å². The molecule has 4 aromatic rings. The lowest BCUT2D eigenvalue weighted by atomic mass is 9.93. The van der Waals surface area contributed by atoms with Crippen LogP contribution < -0.4 is 22.0 Å². The number of aromatic nitrogens is 2. The summed E-state index contributed by atoms with van der Waals surface area (Å²) in [5.74, 6) is -1.59. The number of halogens is 2. The summed E-state index contributed by atoms with van der Waals surface area (Å²) in [5.41, 5.74) is 2.65. The number of ether oxygens (including phenoxy) is 1. The van der Waals surface area contributed by atoms with E-state index in [1.165, 1.54) is 33.6 Å². The zero-order valence-electron chi connectivity index (χ0n) is 25.8. The Morgan fingerprint density at radius 3 is 2.35 bits per heavy atom. The highest BCUT2D eigenvalue weighted by atomic mass is 32.1. The fourth-order valence-corrected chi connectivity index (χ4v) is 7.14. The van der Waals surface area contributed by atoms with Crippen LogP contribution in [-0.2, 0) is 22.7 Å². The number of nitrogens with one attached hydrogen (secondary N) is 2. The summed E-state index contributed by atoms with van der Waals surface area (Å²) in [6, 6.07) is 9.46. The SMILES string of the molecule is COCCN(C)Cc1c(-c2ccc(NC(=O)NOC)cc2)sc2c1c(=O)n(C1CCC(O)CC1)c(=O)n2Cc1c(F)cccc1F. The van der Waals surface area contributed by atoms with Crippen molar-refractivity contribution in [2.24, 2.45) is 0 Å². The van der Waals surface area contributed by atoms with Gasteiger partial charge in [0.2, 0.25) is 0 Å². The van der Waals surface area contributed by atoms with Crippen molar-refractivity contribution in [3.05, 3.63) is 86.1 Å². The Bertz CT molecular complexity index is 1790. The maximum absolute atomic E-state index is 15.0. The third-order valence-electron chi connectivity index (χ3n) is 8.22. The van der Waals surface area contributed by atoms with E-state index in [4.69, 9.17) is 4.74 Å². The van der Waals surface area contributed by atoms with Gasteiger partial charge in [0.25, 0.3) is 5.56 Å². The highest BCUT2D eigenvalue weighted by Gasteiger charge is 2.29. The molecule has 1 saturated carbocycles. The second-order valence-corrected chi connectivity index (χ2v) is 12.4. The van der Waals surface area contributed by atoms with Gasteiger partial charge in [-0.3, -0.25) is 23.7 Å². The van der Waals surface area contributed by atoms with Crippen molar-refractivity contribution in [1.82, 2.24) is 19.5 Å². The highest BCUT2D eigenvalue weighted by molar-refractivity contribution is 7.22. The minimum absolute atomic E-state index is 0.284. The first-order chi connectivity index (χ1) is 22.1. The van der Waals surface area contributed by atoms with Gasteiger partial charge in [0, 0.05) is 42.4 Å². The van der Waals surface area contributed by atoms with E-state index in [-0.39, 0.29) is 5.56 Å². The van der Waals surface area contributed by atoms with E-state index in [1.54, 1.807) is 31.4 Å². The Balaban J connectivity index is 1.74. The normalized spacial score (nSPS) is 16.7. The van der Waals surface area contributed by atoms with Gasteiger partial charge in [0.1, 0.15) is 16.5 Å². The van der Waals surface area contributed by atoms with Crippen LogP contribution in [0.15, 0.2) is 52.1 Å². The first-order valence-corrected chi connectivity index (χ1v) is 15.7. The van der Waals surface area contributed by atoms with Crippen molar-refractivity contribution in [3.63, 3.8) is 0 Å². The van der Waals surface area contributed by atoms with E-state index < -0.39 is 47.6 Å². The molecule has 0 spiro atoms. The Kier molecular flexibility index (Phi) is 10.6. The van der Waals surface area contributed by atoms with E-state index >= 15 is 0 Å². The van der Waals surface area contributed by atoms with Crippen molar-refractivity contribution in [2.75, 3.05) is 39.7 Å². The Hall–Kier alpha value is -3.95. The van der Waals surface area contributed by atoms with E-state index in [9.17, 15) is 28.3 Å². The standard InChI is InChI=1S/C32H37F2N5O6S/c1-37(15-16-44-2)17-24-27-29(41)39(21-11-13-22(40)14-12-21)32(43)38(18-23-25(33)5-4-6-26(23)34)30(27)46-28(24)19-7-9-20(10-8-19)35-31(42)36-45-3/h4-10,21-22,40H,11-18H2,1-3H3,(H2,35,36,42). The largest absolute Gasteiger partial charge is 0.393 e. The molecule has 0 saturated heterocycles. The zero-order chi connectivity index (χ0) is 33.0. The molecular formula is C32H37F2N5O6S. The van der Waals surface area contributed by atoms with Gasteiger partial charge in [0.05, 0.1) is 31.8 Å². The Morgan fingerprint density at radius 1 is 1.04 bits per heavy atom. The van der Waals surface area contributed by atoms with Gasteiger partial charge in [-0.2, -0.15) is 0 Å². The molecule has 0 unspecified atom stereocenters. The molecule has 246 valence electrons. The van der Waals surface area contributed by atoms with Crippen LogP contribution in [-0.4, -0.2) is 65.7 Å². The number of thiophene rings is 1. The van der Waals surface area contributed by atoms with Crippen molar-refractivity contribution in [2.45, 2.75) is 50.9 Å². The Morgan fingerprint density at radius 2 is 1.72 bits per heavy atom. The number of rotatable bonds is 11. The van der Waals surface area contributed by atoms with Gasteiger partial charge in [-0.25, -0.2) is 23.9 Å². The van der Waals surface area contributed by atoms with Gasteiger partial charge < -0.3 is 15.2 Å². The van der Waals surface area contributed by atoms with E-state index in [0.717, 1.165) is 17.7 Å². The summed E-state index contributed by atoms with van der Waals surface area (Å²) in [4.78, 5) is 48.1. The van der Waals surface area contributed by atoms with Gasteiger partial charge in [0.15, 0.2) is 0 Å². The molecule has 2 aromatic heterocycles. The van der Waals surface area contributed by atoms with Crippen LogP contribution in [0.25, 0.3) is 20.7 Å². The molecule has 1 aliphatic rings. The number of carbonyl (C=O) groups excluding carboxylic acids is 1. The average molecular weight is 658 g/mol. The number of benzene rings is 2. The third-order valence-corrected chi connectivity index (χ3v) is 9.52. The summed E-state index contributed by atoms with van der Waals surface area (Å²) in [6.45, 7) is 0.906. The number of amides is 2. The summed E-state index contributed by atoms with van der Waals surface area (Å²) >= 11 is 1.20. The van der Waals surface area contributed by atoms with Crippen LogP contribution in [0, 0.1) is 11.6 Å². The second-order valence-electron chi connectivity index (χ2n) is 11.4. The molecule has 5 rings (SSSR count). The van der Waals surface area contributed by atoms with E-state index in [2.05, 4.69) is 15.6 Å². The number of likely N-dealkylation sites (N-methyl/N-ethyl adjacent to an activating group) is 1. The lowest BCUT2D eigenvalue weighted by Crippen LogP contribution is -2.43. The molecule has 1 fully saturated rings. The van der Waals surface area contributed by atoms with Crippen LogP contribution in [0.4, 0.5) is 19.3 Å². The van der Waals surface area contributed by atoms with Gasteiger partial charge in [-0.05, 0) is 68.1 Å². The molecule has 2 aromatic carbocycles. The minimum Gasteiger partial charge on any atom is -0.393 e. The predicted octanol–water partition coefficient (Wildman–Crippen LogP) is 4.46. The lowest BCUT2D eigenvalue weighted by Gasteiger charge is -2.27. The lowest BCUT2D eigenvalue weighted by molar-refractivity contribution is 0.108. The Labute approximate surface area is 267 Å². The quantitative estimate of drug-likeness (QED) is 0.204. The number of nitrogens with zero attached hydrogens (tertiary/aromatic N) is 3. The first-order valence-electron chi connectivity index (χ1n) is 14.9. The molecule has 2 heterocycles. The van der Waals surface area contributed by atoms with Crippen molar-refractivity contribution in [3.8, 4) is 10.4 Å². The molecule has 3 N–H and O–H groups in total. The summed E-state index contributed by atoms with van der Waals surface area (Å²) in [6.07, 6.45) is 1.19. The van der Waals surface area contributed by atoms with E-state index in [0.29, 0.717) is 71.7 Å². The van der Waals surface area contributed by atoms with Crippen molar-refractivity contribution < 1.29 is 28.3 Å². The fraction of sp³-hybridized carbons (Fsp3) is 0.406. The highest BCUT2D eigenvalue weighted by Crippen LogP contribution is 2.39. The van der Waals surface area contributed by atoms with Crippen LogP contribution in [0.5, 0.6) is 0 Å². The van der Waals surface area contributed by atoms with E-state index in [1.807, 2.05) is 11.9 Å². The second kappa shape index (κ2) is 14.6. The number of aliphatic hydroxyl groups excluding tert-OH is 1. The smallest absolute Gasteiger partial charge is 0.343 e. The molecular weight excluding hydrogens is 620 g/mol. The molecule has 14 heteroatoms. The average Bonchev–Trinajstić information content (AvgIpc) is 3.39. The molecule has 0 aliphatic heterocycles. The molecule has 0 radical (unpaired) electrons. The van der Waals surface area contributed by atoms with Crippen LogP contribution in [0.3, 0.4) is 0 Å². The number of anilines is 1. The molecule has 11 nitrogen and oxygen atoms in total. The fourth-order valence-electron chi connectivity index (χ4n) is 5.84. The number of urea groups is 1. The third kappa shape index (κ3) is 7.05. The molecule has 46 heavy (non-hydrogen) atoms. The maximum Gasteiger partial charge on any atom is 0.343 e. The number of aliphatic hydroxyl groups is 1. The number of hydrogen-bond acceptors (Lipinski definition) is 8. The molecule has 0 atom stereocenters. The summed E-state index contributed by atoms with van der Waals surface area (Å²) in [5, 5.41) is 13.1. The van der Waals surface area contributed by atoms with Gasteiger partial charge in [-0.15, -0.1) is 11.3 Å². The van der Waals surface area contributed by atoms with Crippen LogP contribution in [0.2, 0.25) is 0 Å². The number of hydrogen-bond donors (Lipinski definition) is 3. The number of fused-ring (bicyclic) bond motifs is 1. The maximum atomic E-state index is 15.0. The number of carbonyl (C=O) groups is 1. The minimum atomic E-state index is -0.796. The predicted molar refractivity (Wildman–Crippen MR) is 172 cm³/mol. The van der Waals surface area contributed by atoms with Crippen molar-refractivity contribution in [1.29, 1.82) is 0 Å². The first kappa shape index (κ1) is 33.4. The van der Waals surface area contributed by atoms with Crippen LogP contribution in [0.1, 0.15) is 42.9 Å². The van der Waals surface area contributed by atoms with Crippen LogP contribution >= 0.6 is 11.3 Å². The molecule has 2 amide bonds. The summed E-state index contributed by atoms with van der Waals surface area (Å²) < 4.78 is 37.7. The van der Waals surface area contributed by atoms with Gasteiger partial charge >= 0.3 is 11.7 Å². The topological polar surface area (TPSA) is 127 Å². The monoisotopic (exact) mass is 657 g/mol. The molecule has 0 bridgehead atoms. The number of hydroxylamine groups is 1. The number of methoxy groups -OCH3 is 1.